The zero-order valence-electron chi connectivity index (χ0n) is 24.4. The van der Waals surface area contributed by atoms with Gasteiger partial charge in [0.1, 0.15) is 36.1 Å². The molecule has 8 atom stereocenters. The van der Waals surface area contributed by atoms with Gasteiger partial charge in [0.05, 0.1) is 17.5 Å². The first-order valence-electron chi connectivity index (χ1n) is 14.5. The highest BCUT2D eigenvalue weighted by Gasteiger charge is 2.75. The van der Waals surface area contributed by atoms with Gasteiger partial charge in [-0.05, 0) is 51.0 Å². The molecule has 42 heavy (non-hydrogen) atoms. The van der Waals surface area contributed by atoms with Gasteiger partial charge in [-0.3, -0.25) is 9.78 Å². The van der Waals surface area contributed by atoms with Crippen LogP contribution in [0.1, 0.15) is 74.1 Å². The largest absolute Gasteiger partial charge is 0.463 e. The summed E-state index contributed by atoms with van der Waals surface area (Å²) in [5.74, 6) is -1.82. The fourth-order valence-corrected chi connectivity index (χ4v) is 8.14. The topological polar surface area (TPSA) is 121 Å². The van der Waals surface area contributed by atoms with E-state index in [1.165, 1.54) is 6.20 Å². The van der Waals surface area contributed by atoms with Crippen LogP contribution >= 0.6 is 0 Å². The molecule has 0 radical (unpaired) electrons. The molecule has 3 fully saturated rings. The summed E-state index contributed by atoms with van der Waals surface area (Å²) < 4.78 is 24.7. The highest BCUT2D eigenvalue weighted by Crippen LogP contribution is 2.68. The molecule has 2 aliphatic heterocycles. The van der Waals surface area contributed by atoms with Crippen LogP contribution in [0.4, 0.5) is 0 Å². The number of nitrogens with zero attached hydrogens (tertiary/aromatic N) is 1. The maximum atomic E-state index is 13.5. The summed E-state index contributed by atoms with van der Waals surface area (Å²) in [5.41, 5.74) is -2.21. The van der Waals surface area contributed by atoms with Crippen LogP contribution in [0.15, 0.2) is 66.5 Å². The molecule has 2 saturated heterocycles. The normalized spacial score (nSPS) is 39.0. The number of carbonyl (C=O) groups excluding carboxylic acids is 3. The van der Waals surface area contributed by atoms with E-state index in [-0.39, 0.29) is 24.6 Å². The second-order valence-corrected chi connectivity index (χ2v) is 12.9. The summed E-state index contributed by atoms with van der Waals surface area (Å²) in [6.07, 6.45) is 3.72. The Morgan fingerprint density at radius 1 is 1.00 bits per heavy atom. The second kappa shape index (κ2) is 10.0. The van der Waals surface area contributed by atoms with Gasteiger partial charge in [-0.2, -0.15) is 0 Å². The van der Waals surface area contributed by atoms with E-state index in [9.17, 15) is 19.5 Å². The number of hydrogen-bond acceptors (Lipinski definition) is 9. The van der Waals surface area contributed by atoms with E-state index in [1.807, 2.05) is 32.9 Å². The molecule has 0 bridgehead atoms. The molecule has 1 aromatic carbocycles. The van der Waals surface area contributed by atoms with Crippen molar-refractivity contribution in [2.75, 3.05) is 6.61 Å². The Balaban J connectivity index is 1.46. The van der Waals surface area contributed by atoms with Crippen LogP contribution in [0, 0.1) is 16.7 Å². The summed E-state index contributed by atoms with van der Waals surface area (Å²) in [5, 5.41) is 12.3. The lowest BCUT2D eigenvalue weighted by Gasteiger charge is -2.69. The van der Waals surface area contributed by atoms with Crippen molar-refractivity contribution in [1.29, 1.82) is 0 Å². The lowest BCUT2D eigenvalue weighted by Crippen LogP contribution is -2.78. The van der Waals surface area contributed by atoms with Crippen LogP contribution < -0.4 is 0 Å². The number of esters is 3. The lowest BCUT2D eigenvalue weighted by atomic mass is 9.42. The maximum absolute atomic E-state index is 13.5. The predicted octanol–water partition coefficient (Wildman–Crippen LogP) is 4.44. The maximum Gasteiger partial charge on any atom is 0.340 e. The number of fused-ring (bicyclic) bond motifs is 3. The van der Waals surface area contributed by atoms with E-state index in [0.717, 1.165) is 5.57 Å². The highest BCUT2D eigenvalue weighted by molar-refractivity contribution is 5.90. The number of aliphatic hydroxyl groups excluding tert-OH is 1. The molecule has 4 unspecified atom stereocenters. The number of benzene rings is 1. The number of rotatable bonds is 4. The zero-order chi connectivity index (χ0) is 29.9. The molecular formula is C33H37NO8. The van der Waals surface area contributed by atoms with Crippen molar-refractivity contribution >= 4 is 17.9 Å². The fraction of sp³-hybridized carbons (Fsp3) is 0.515. The van der Waals surface area contributed by atoms with E-state index < -0.39 is 58.2 Å². The van der Waals surface area contributed by atoms with Gasteiger partial charge in [-0.1, -0.05) is 43.7 Å². The van der Waals surface area contributed by atoms with Crippen molar-refractivity contribution in [1.82, 2.24) is 4.98 Å². The predicted molar refractivity (Wildman–Crippen MR) is 150 cm³/mol. The average molecular weight is 576 g/mol. The molecule has 0 amide bonds. The van der Waals surface area contributed by atoms with Crippen LogP contribution in [0.3, 0.4) is 0 Å². The summed E-state index contributed by atoms with van der Waals surface area (Å²) in [6.45, 7) is 7.94. The van der Waals surface area contributed by atoms with Crippen molar-refractivity contribution in [2.24, 2.45) is 16.7 Å². The number of cyclic esters (lactones) is 1. The first-order valence-corrected chi connectivity index (χ1v) is 14.5. The smallest absolute Gasteiger partial charge is 0.340 e. The van der Waals surface area contributed by atoms with Gasteiger partial charge in [0.2, 0.25) is 0 Å². The first-order chi connectivity index (χ1) is 19.9. The van der Waals surface area contributed by atoms with Gasteiger partial charge in [-0.15, -0.1) is 0 Å². The summed E-state index contributed by atoms with van der Waals surface area (Å²) >= 11 is 0. The Hall–Kier alpha value is -3.56. The van der Waals surface area contributed by atoms with Crippen LogP contribution in [-0.2, 0) is 23.7 Å². The SMILES string of the molecule is CC1=CCC(OC(=O)c2ccccc2)C2[C@@]1(C)C(OC(=O)c1cccnc1)C(O)[C@]1(C)O[C@]3(CC[C@]21C)COC(=O)C3. The minimum atomic E-state index is -1.28. The monoisotopic (exact) mass is 575 g/mol. The van der Waals surface area contributed by atoms with Crippen molar-refractivity contribution in [3.05, 3.63) is 77.6 Å². The second-order valence-electron chi connectivity index (χ2n) is 12.9. The van der Waals surface area contributed by atoms with Crippen molar-refractivity contribution in [3.63, 3.8) is 0 Å². The zero-order valence-corrected chi connectivity index (χ0v) is 24.4. The lowest BCUT2D eigenvalue weighted by molar-refractivity contribution is -0.346. The Kier molecular flexibility index (Phi) is 6.81. The Morgan fingerprint density at radius 2 is 1.71 bits per heavy atom. The third kappa shape index (κ3) is 4.20. The number of ether oxygens (including phenoxy) is 4. The molecule has 1 saturated carbocycles. The molecule has 9 nitrogen and oxygen atoms in total. The van der Waals surface area contributed by atoms with Crippen LogP contribution in [0.2, 0.25) is 0 Å². The number of aliphatic hydroxyl groups is 1. The molecule has 4 aliphatic rings. The van der Waals surface area contributed by atoms with Gasteiger partial charge in [-0.25, -0.2) is 9.59 Å². The molecule has 1 spiro atoms. The molecular weight excluding hydrogens is 538 g/mol. The first kappa shape index (κ1) is 28.6. The molecule has 3 heterocycles. The summed E-state index contributed by atoms with van der Waals surface area (Å²) in [4.78, 5) is 43.2. The Morgan fingerprint density at radius 3 is 2.38 bits per heavy atom. The van der Waals surface area contributed by atoms with Crippen LogP contribution in [-0.4, -0.2) is 64.1 Å². The minimum Gasteiger partial charge on any atom is -0.463 e. The Bertz CT molecular complexity index is 1430. The van der Waals surface area contributed by atoms with Crippen LogP contribution in [0.5, 0.6) is 0 Å². The minimum absolute atomic E-state index is 0.0822. The van der Waals surface area contributed by atoms with Gasteiger partial charge in [0, 0.05) is 35.6 Å². The average Bonchev–Trinajstić information content (AvgIpc) is 3.35. The van der Waals surface area contributed by atoms with Crippen molar-refractivity contribution in [2.45, 2.75) is 82.9 Å². The van der Waals surface area contributed by atoms with Gasteiger partial charge in [0.15, 0.2) is 0 Å². The van der Waals surface area contributed by atoms with E-state index in [1.54, 1.807) is 42.6 Å². The number of carbonyl (C=O) groups is 3. The molecule has 1 N–H and O–H groups in total. The molecule has 6 rings (SSSR count). The van der Waals surface area contributed by atoms with Gasteiger partial charge < -0.3 is 24.1 Å². The third-order valence-electron chi connectivity index (χ3n) is 10.7. The summed E-state index contributed by atoms with van der Waals surface area (Å²) in [6, 6.07) is 12.1. The fourth-order valence-electron chi connectivity index (χ4n) is 8.14. The van der Waals surface area contributed by atoms with E-state index in [2.05, 4.69) is 11.9 Å². The summed E-state index contributed by atoms with van der Waals surface area (Å²) in [7, 11) is 0. The van der Waals surface area contributed by atoms with E-state index >= 15 is 0 Å². The standard InChI is InChI=1S/C33H37NO8/c1-20-12-13-23(40-28(37)21-9-6-5-7-10-21)25-30(2)14-15-33(17-24(35)39-19-33)42-32(30,4)26(36)27(31(20,25)3)41-29(38)22-11-8-16-34-18-22/h5-12,16,18,23,25-27,36H,13-15,17,19H2,1-4H3/t23?,25?,26?,27?,30-,31+,32+,33+/m1/s1. The quantitative estimate of drug-likeness (QED) is 0.320. The van der Waals surface area contributed by atoms with Crippen molar-refractivity contribution < 1.29 is 38.4 Å². The Labute approximate surface area is 245 Å². The molecule has 2 aliphatic carbocycles. The highest BCUT2D eigenvalue weighted by atomic mass is 16.6. The van der Waals surface area contributed by atoms with Crippen LogP contribution in [0.25, 0.3) is 0 Å². The number of aromatic nitrogens is 1. The molecule has 9 heteroatoms. The third-order valence-corrected chi connectivity index (χ3v) is 10.7. The number of pyridine rings is 1. The van der Waals surface area contributed by atoms with E-state index in [4.69, 9.17) is 18.9 Å². The van der Waals surface area contributed by atoms with E-state index in [0.29, 0.717) is 24.8 Å². The molecule has 2 aromatic rings. The molecule has 1 aromatic heterocycles. The van der Waals surface area contributed by atoms with Crippen molar-refractivity contribution in [3.8, 4) is 0 Å². The van der Waals surface area contributed by atoms with Gasteiger partial charge in [0.25, 0.3) is 0 Å². The molecule has 222 valence electrons. The van der Waals surface area contributed by atoms with Gasteiger partial charge >= 0.3 is 17.9 Å². The number of hydrogen-bond donors (Lipinski definition) is 1.